The Hall–Kier alpha value is -0.720. The first-order valence-electron chi connectivity index (χ1n) is 5.50. The molecule has 0 bridgehead atoms. The van der Waals surface area contributed by atoms with Gasteiger partial charge in [0.2, 0.25) is 0 Å². The van der Waals surface area contributed by atoms with Crippen LogP contribution < -0.4 is 9.47 Å². The summed E-state index contributed by atoms with van der Waals surface area (Å²) in [6, 6.07) is 6.01. The summed E-state index contributed by atoms with van der Waals surface area (Å²) in [4.78, 5) is 5.47. The van der Waals surface area contributed by atoms with Crippen molar-refractivity contribution in [2.45, 2.75) is 15.7 Å². The fraction of sp³-hybridized carbons (Fsp3) is 0.250. The maximum Gasteiger partial charge on any atom is 0.162 e. The van der Waals surface area contributed by atoms with Crippen LogP contribution in [0.2, 0.25) is 0 Å². The van der Waals surface area contributed by atoms with Crippen LogP contribution in [-0.4, -0.2) is 18.2 Å². The molecular weight excluding hydrogens is 334 g/mol. The van der Waals surface area contributed by atoms with E-state index in [1.54, 1.807) is 23.1 Å². The van der Waals surface area contributed by atoms with E-state index in [9.17, 15) is 0 Å². The summed E-state index contributed by atoms with van der Waals surface area (Å²) in [5.41, 5.74) is 0. The molecule has 6 heteroatoms. The topological polar surface area (TPSA) is 31.4 Å². The molecule has 0 radical (unpaired) electrons. The van der Waals surface area contributed by atoms with E-state index in [0.29, 0.717) is 6.61 Å². The van der Waals surface area contributed by atoms with E-state index in [0.717, 1.165) is 38.4 Å². The van der Waals surface area contributed by atoms with Crippen molar-refractivity contribution in [1.29, 1.82) is 0 Å². The average molecular weight is 344 g/mol. The standard InChI is InChI=1S/C12H10BrNO2S2/c13-11-7-17-12(14-11)18-8-2-3-9-10(6-8)16-5-1-4-15-9/h2-3,6-7H,1,4-5H2. The molecule has 0 N–H and O–H groups in total. The molecule has 1 aromatic carbocycles. The van der Waals surface area contributed by atoms with Crippen molar-refractivity contribution in [3.63, 3.8) is 0 Å². The van der Waals surface area contributed by atoms with Gasteiger partial charge >= 0.3 is 0 Å². The van der Waals surface area contributed by atoms with E-state index < -0.39 is 0 Å². The Morgan fingerprint density at radius 2 is 2.06 bits per heavy atom. The van der Waals surface area contributed by atoms with Crippen LogP contribution in [0.15, 0.2) is 37.4 Å². The Bertz CT molecular complexity index is 559. The molecule has 0 amide bonds. The SMILES string of the molecule is Brc1csc(Sc2ccc3c(c2)OCCCO3)n1. The van der Waals surface area contributed by atoms with Crippen LogP contribution in [0.3, 0.4) is 0 Å². The van der Waals surface area contributed by atoms with Crippen LogP contribution in [0, 0.1) is 0 Å². The van der Waals surface area contributed by atoms with Crippen molar-refractivity contribution in [2.24, 2.45) is 0 Å². The Morgan fingerprint density at radius 3 is 2.83 bits per heavy atom. The lowest BCUT2D eigenvalue weighted by molar-refractivity contribution is 0.297. The third-order valence-corrected chi connectivity index (χ3v) is 5.02. The third kappa shape index (κ3) is 2.81. The molecule has 2 heterocycles. The van der Waals surface area contributed by atoms with Gasteiger partial charge in [-0.25, -0.2) is 4.98 Å². The second-order valence-corrected chi connectivity index (χ2v) is 6.69. The highest BCUT2D eigenvalue weighted by Gasteiger charge is 2.11. The van der Waals surface area contributed by atoms with Crippen LogP contribution >= 0.6 is 39.0 Å². The summed E-state index contributed by atoms with van der Waals surface area (Å²) >= 11 is 6.61. The van der Waals surface area contributed by atoms with Gasteiger partial charge in [-0.2, -0.15) is 0 Å². The summed E-state index contributed by atoms with van der Waals surface area (Å²) in [6.07, 6.45) is 0.927. The van der Waals surface area contributed by atoms with Crippen molar-refractivity contribution in [2.75, 3.05) is 13.2 Å². The van der Waals surface area contributed by atoms with Crippen molar-refractivity contribution >= 4 is 39.0 Å². The smallest absolute Gasteiger partial charge is 0.162 e. The fourth-order valence-electron chi connectivity index (χ4n) is 1.59. The Balaban J connectivity index is 1.83. The fourth-order valence-corrected chi connectivity index (χ4v) is 3.96. The van der Waals surface area contributed by atoms with E-state index >= 15 is 0 Å². The highest BCUT2D eigenvalue weighted by atomic mass is 79.9. The molecule has 0 fully saturated rings. The quantitative estimate of drug-likeness (QED) is 0.816. The van der Waals surface area contributed by atoms with Gasteiger partial charge in [-0.3, -0.25) is 0 Å². The number of hydrogen-bond acceptors (Lipinski definition) is 5. The van der Waals surface area contributed by atoms with Crippen molar-refractivity contribution < 1.29 is 9.47 Å². The number of aromatic nitrogens is 1. The number of benzene rings is 1. The minimum absolute atomic E-state index is 0.712. The second kappa shape index (κ2) is 5.50. The molecule has 0 atom stereocenters. The highest BCUT2D eigenvalue weighted by molar-refractivity contribution is 9.10. The monoisotopic (exact) mass is 343 g/mol. The molecule has 0 aliphatic carbocycles. The van der Waals surface area contributed by atoms with Crippen molar-refractivity contribution in [1.82, 2.24) is 4.98 Å². The lowest BCUT2D eigenvalue weighted by Crippen LogP contribution is -1.97. The lowest BCUT2D eigenvalue weighted by atomic mass is 10.3. The van der Waals surface area contributed by atoms with E-state index in [1.807, 2.05) is 23.6 Å². The molecule has 18 heavy (non-hydrogen) atoms. The molecule has 3 rings (SSSR count). The van der Waals surface area contributed by atoms with E-state index in [-0.39, 0.29) is 0 Å². The van der Waals surface area contributed by atoms with Crippen molar-refractivity contribution in [3.05, 3.63) is 28.2 Å². The molecule has 0 spiro atoms. The van der Waals surface area contributed by atoms with Gasteiger partial charge in [0.25, 0.3) is 0 Å². The van der Waals surface area contributed by atoms with Gasteiger partial charge in [0.1, 0.15) is 4.60 Å². The molecule has 1 aliphatic rings. The van der Waals surface area contributed by atoms with Gasteiger partial charge in [-0.05, 0) is 34.1 Å². The van der Waals surface area contributed by atoms with Crippen LogP contribution in [0.5, 0.6) is 11.5 Å². The van der Waals surface area contributed by atoms with Gasteiger partial charge in [0.15, 0.2) is 15.8 Å². The maximum atomic E-state index is 5.67. The largest absolute Gasteiger partial charge is 0.490 e. The number of thiazole rings is 1. The summed E-state index contributed by atoms with van der Waals surface area (Å²) in [5.74, 6) is 1.66. The van der Waals surface area contributed by atoms with Crippen LogP contribution in [0.1, 0.15) is 6.42 Å². The van der Waals surface area contributed by atoms with Gasteiger partial charge in [-0.1, -0.05) is 11.8 Å². The molecule has 3 nitrogen and oxygen atoms in total. The number of nitrogens with zero attached hydrogens (tertiary/aromatic N) is 1. The number of rotatable bonds is 2. The average Bonchev–Trinajstić information content (AvgIpc) is 2.64. The van der Waals surface area contributed by atoms with E-state index in [1.165, 1.54) is 0 Å². The first kappa shape index (κ1) is 12.3. The predicted octanol–water partition coefficient (Wildman–Crippen LogP) is 4.22. The van der Waals surface area contributed by atoms with Crippen LogP contribution in [0.25, 0.3) is 0 Å². The minimum Gasteiger partial charge on any atom is -0.490 e. The van der Waals surface area contributed by atoms with Crippen molar-refractivity contribution in [3.8, 4) is 11.5 Å². The Morgan fingerprint density at radius 1 is 1.22 bits per heavy atom. The normalized spacial score (nSPS) is 14.3. The number of hydrogen-bond donors (Lipinski definition) is 0. The van der Waals surface area contributed by atoms with Crippen LogP contribution in [-0.2, 0) is 0 Å². The summed E-state index contributed by atoms with van der Waals surface area (Å²) in [7, 11) is 0. The van der Waals surface area contributed by atoms with Gasteiger partial charge < -0.3 is 9.47 Å². The number of ether oxygens (including phenoxy) is 2. The minimum atomic E-state index is 0.712. The molecule has 1 aromatic heterocycles. The van der Waals surface area contributed by atoms with Gasteiger partial charge in [-0.15, -0.1) is 11.3 Å². The molecule has 0 saturated heterocycles. The second-order valence-electron chi connectivity index (χ2n) is 3.70. The summed E-state index contributed by atoms with van der Waals surface area (Å²) < 4.78 is 13.2. The lowest BCUT2D eigenvalue weighted by Gasteiger charge is -2.08. The third-order valence-electron chi connectivity index (χ3n) is 2.38. The van der Waals surface area contributed by atoms with E-state index in [2.05, 4.69) is 20.9 Å². The number of halogens is 1. The first-order valence-corrected chi connectivity index (χ1v) is 7.99. The Kier molecular flexibility index (Phi) is 3.77. The molecular formula is C12H10BrNO2S2. The Labute approximate surface area is 122 Å². The first-order chi connectivity index (χ1) is 8.81. The molecule has 0 unspecified atom stereocenters. The zero-order valence-corrected chi connectivity index (χ0v) is 12.6. The van der Waals surface area contributed by atoms with E-state index in [4.69, 9.17) is 9.47 Å². The molecule has 1 aliphatic heterocycles. The zero-order chi connectivity index (χ0) is 12.4. The molecule has 0 saturated carbocycles. The van der Waals surface area contributed by atoms with Gasteiger partial charge in [0, 0.05) is 16.7 Å². The highest BCUT2D eigenvalue weighted by Crippen LogP contribution is 2.37. The molecule has 94 valence electrons. The summed E-state index contributed by atoms with van der Waals surface area (Å²) in [6.45, 7) is 1.43. The molecule has 2 aromatic rings. The predicted molar refractivity (Wildman–Crippen MR) is 76.0 cm³/mol. The zero-order valence-electron chi connectivity index (χ0n) is 9.39. The maximum absolute atomic E-state index is 5.67. The summed E-state index contributed by atoms with van der Waals surface area (Å²) in [5, 5.41) is 1.98. The number of fused-ring (bicyclic) bond motifs is 1. The van der Waals surface area contributed by atoms with Gasteiger partial charge in [0.05, 0.1) is 13.2 Å². The van der Waals surface area contributed by atoms with Crippen LogP contribution in [0.4, 0.5) is 0 Å².